The minimum atomic E-state index is -2.07. The predicted molar refractivity (Wildman–Crippen MR) is 274 cm³/mol. The van der Waals surface area contributed by atoms with Crippen LogP contribution in [0.25, 0.3) is 0 Å². The van der Waals surface area contributed by atoms with Crippen molar-refractivity contribution in [1.82, 2.24) is 30.8 Å². The van der Waals surface area contributed by atoms with Gasteiger partial charge >= 0.3 is 36.0 Å². The quantitative estimate of drug-likeness (QED) is 0.0220. The lowest BCUT2D eigenvalue weighted by atomic mass is 9.94. The van der Waals surface area contributed by atoms with Gasteiger partial charge in [0.15, 0.2) is 29.8 Å². The van der Waals surface area contributed by atoms with E-state index in [1.165, 1.54) is 41.3 Å². The normalized spacial score (nSPS) is 18.9. The number of hydrogen-bond donors (Lipinski definition) is 9. The maximum atomic E-state index is 14.7. The number of aliphatic carboxylic acids is 4. The van der Waals surface area contributed by atoms with Gasteiger partial charge in [0.25, 0.3) is 23.6 Å². The van der Waals surface area contributed by atoms with Crippen molar-refractivity contribution in [2.75, 3.05) is 35.5 Å². The number of carboxylic acid groups (broad SMARTS) is 4. The Morgan fingerprint density at radius 3 is 2.17 bits per heavy atom. The van der Waals surface area contributed by atoms with Gasteiger partial charge in [0.05, 0.1) is 12.0 Å². The first-order chi connectivity index (χ1) is 36.7. The maximum absolute atomic E-state index is 14.7. The highest BCUT2D eigenvalue weighted by Crippen LogP contribution is 2.42. The summed E-state index contributed by atoms with van der Waals surface area (Å²) in [5.74, 6) is -9.86. The van der Waals surface area contributed by atoms with Crippen molar-refractivity contribution in [3.63, 3.8) is 0 Å². The number of cyclic esters (lactones) is 1. The van der Waals surface area contributed by atoms with Gasteiger partial charge in [0.1, 0.15) is 57.9 Å². The van der Waals surface area contributed by atoms with Crippen molar-refractivity contribution in [1.29, 1.82) is 0 Å². The third-order valence-corrected chi connectivity index (χ3v) is 15.6. The smallest absolute Gasteiger partial charge is 0.481 e. The molecule has 7 rings (SSSR count). The van der Waals surface area contributed by atoms with Gasteiger partial charge in [-0.3, -0.25) is 33.9 Å². The molecule has 3 aromatic rings. The average molecular weight is 1160 g/mol. The molecular weight excluding hydrogens is 1110 g/mol. The minimum absolute atomic E-state index is 0.00258. The third-order valence-electron chi connectivity index (χ3n) is 11.5. The highest BCUT2D eigenvalue weighted by Gasteiger charge is 2.56. The van der Waals surface area contributed by atoms with Crippen LogP contribution in [0.5, 0.6) is 0 Å². The van der Waals surface area contributed by atoms with Crippen molar-refractivity contribution in [3.8, 4) is 0 Å². The van der Waals surface area contributed by atoms with Gasteiger partial charge in [0, 0.05) is 45.5 Å². The summed E-state index contributed by atoms with van der Waals surface area (Å²) >= 11 is 3.76. The molecule has 29 nitrogen and oxygen atoms in total. The van der Waals surface area contributed by atoms with Crippen molar-refractivity contribution in [3.05, 3.63) is 75.3 Å². The zero-order valence-corrected chi connectivity index (χ0v) is 45.0. The SMILES string of the molecule is CC(C)(CN=C(C(=O)N[C@@H]1C(=O)N2C3=C(COC3=O)CS[C@H]12)c1csc(NC(=O)C(NC(=O)/C(=N\OC(C)(C)C(=O)O)c2csc(NOC(=O)OC(C)(C)C(=O)O)n2)C2NC(C(=O)O)=C(C[n+]3ccccc3)CS2)n1)C(=O)O. The number of aromatic nitrogens is 3. The van der Waals surface area contributed by atoms with Crippen LogP contribution in [-0.4, -0.2) is 165 Å². The summed E-state index contributed by atoms with van der Waals surface area (Å²) in [6.45, 7) is 6.78. The molecule has 4 atom stereocenters. The lowest BCUT2D eigenvalue weighted by Crippen LogP contribution is -2.70. The topological polar surface area (TPSA) is 406 Å². The summed E-state index contributed by atoms with van der Waals surface area (Å²) in [5, 5.41) is 53.7. The number of aliphatic imine (C=N–C) groups is 1. The fourth-order valence-electron chi connectivity index (χ4n) is 6.95. The van der Waals surface area contributed by atoms with Crippen molar-refractivity contribution in [2.24, 2.45) is 15.6 Å². The average Bonchev–Trinajstić information content (AvgIpc) is 4.29. The van der Waals surface area contributed by atoms with E-state index >= 15 is 0 Å². The number of pyridine rings is 1. The molecule has 3 aromatic heterocycles. The Labute approximate surface area is 456 Å². The molecular formula is C45H48N11O18S4+. The molecule has 414 valence electrons. The van der Waals surface area contributed by atoms with Gasteiger partial charge in [0.2, 0.25) is 16.3 Å². The lowest BCUT2D eigenvalue weighted by molar-refractivity contribution is -0.689. The first-order valence-corrected chi connectivity index (χ1v) is 26.7. The van der Waals surface area contributed by atoms with E-state index in [0.29, 0.717) is 28.2 Å². The summed E-state index contributed by atoms with van der Waals surface area (Å²) in [4.78, 5) is 154. The van der Waals surface area contributed by atoms with E-state index in [1.807, 2.05) is 0 Å². The van der Waals surface area contributed by atoms with Crippen LogP contribution in [0.3, 0.4) is 0 Å². The molecule has 4 amide bonds. The number of carbonyl (C=O) groups is 10. The van der Waals surface area contributed by atoms with Crippen LogP contribution in [0.1, 0.15) is 52.9 Å². The highest BCUT2D eigenvalue weighted by atomic mass is 32.2. The van der Waals surface area contributed by atoms with Crippen LogP contribution < -0.4 is 31.3 Å². The number of nitrogens with one attached hydrogen (secondary N) is 5. The van der Waals surface area contributed by atoms with E-state index in [9.17, 15) is 68.4 Å². The number of carbonyl (C=O) groups excluding carboxylic acids is 6. The molecule has 4 aliphatic heterocycles. The molecule has 78 heavy (non-hydrogen) atoms. The van der Waals surface area contributed by atoms with E-state index in [4.69, 9.17) is 19.1 Å². The number of nitrogens with zero attached hydrogens (tertiary/aromatic N) is 6. The van der Waals surface area contributed by atoms with E-state index in [0.717, 1.165) is 50.8 Å². The second-order valence-corrected chi connectivity index (χ2v) is 22.6. The Hall–Kier alpha value is -8.17. The molecule has 0 spiro atoms. The molecule has 1 fully saturated rings. The van der Waals surface area contributed by atoms with Gasteiger partial charge in [-0.15, -0.1) is 46.2 Å². The van der Waals surface area contributed by atoms with Gasteiger partial charge < -0.3 is 60.8 Å². The molecule has 4 aliphatic rings. The number of esters is 1. The Morgan fingerprint density at radius 1 is 0.859 bits per heavy atom. The minimum Gasteiger partial charge on any atom is -0.481 e. The fourth-order valence-corrected chi connectivity index (χ4v) is 10.8. The Kier molecular flexibility index (Phi) is 17.1. The Morgan fingerprint density at radius 2 is 1.51 bits per heavy atom. The number of ether oxygens (including phenoxy) is 2. The number of thiazole rings is 2. The van der Waals surface area contributed by atoms with Crippen LogP contribution in [-0.2, 0) is 68.8 Å². The second kappa shape index (κ2) is 23.2. The summed E-state index contributed by atoms with van der Waals surface area (Å²) < 4.78 is 11.6. The van der Waals surface area contributed by atoms with Crippen molar-refractivity contribution >= 4 is 128 Å². The first kappa shape index (κ1) is 57.5. The number of amides is 4. The molecule has 9 N–H and O–H groups in total. The summed E-state index contributed by atoms with van der Waals surface area (Å²) in [5.41, 5.74) is -4.36. The first-order valence-electron chi connectivity index (χ1n) is 22.8. The van der Waals surface area contributed by atoms with Crippen LogP contribution in [0.2, 0.25) is 0 Å². The van der Waals surface area contributed by atoms with Crippen LogP contribution >= 0.6 is 46.2 Å². The molecule has 0 aromatic carbocycles. The molecule has 0 radical (unpaired) electrons. The van der Waals surface area contributed by atoms with E-state index in [2.05, 4.69) is 46.9 Å². The number of fused-ring (bicyclic) bond motifs is 2. The van der Waals surface area contributed by atoms with Crippen molar-refractivity contribution in [2.45, 2.75) is 82.1 Å². The third kappa shape index (κ3) is 13.0. The summed E-state index contributed by atoms with van der Waals surface area (Å²) in [6.07, 6.45) is 1.93. The lowest BCUT2D eigenvalue weighted by Gasteiger charge is -2.48. The zero-order chi connectivity index (χ0) is 57.0. The standard InChI is InChI=1S/C45H47N11O18S4/c1-43(2,37(64)65)18-46-24(29(57)50-27-33(60)56-28-20(13-71-36(28)63)15-76-34(27)56)21-16-77-40(47-21)52-31(59)26(32-51-23(35(61)62)19(14-75-32)12-55-10-8-7-9-11-55)49-30(58)25(53-74-45(5,6)39(68)69)22-17-78-41(48-22)54-73-42(70)72-44(3,4)38(66)67/h7-11,16-17,26-27,32,34,51H,12-15,18H2,1-6H3,(H7-,47,48,49,50,52,54,57,58,59,61,62,64,65,66,67,68,69)/p+1/b46-24?,53-25-/t26?,27-,32?,34-/m1/s1. The maximum Gasteiger partial charge on any atom is 0.534 e. The van der Waals surface area contributed by atoms with Crippen LogP contribution in [0.4, 0.5) is 15.1 Å². The number of thioether (sulfide) groups is 2. The Balaban J connectivity index is 1.18. The molecule has 2 unspecified atom stereocenters. The second-order valence-electron chi connectivity index (χ2n) is 18.7. The fraction of sp³-hybridized carbons (Fsp3) is 0.400. The van der Waals surface area contributed by atoms with E-state index < -0.39 is 117 Å². The number of oxime groups is 1. The van der Waals surface area contributed by atoms with Crippen LogP contribution in [0, 0.1) is 5.41 Å². The number of rotatable bonds is 22. The molecule has 1 saturated heterocycles. The number of β-lactam (4-membered cyclic amide) rings is 1. The van der Waals surface area contributed by atoms with Gasteiger partial charge in [-0.2, -0.15) is 5.48 Å². The number of hydrogen-bond acceptors (Lipinski definition) is 24. The number of carboxylic acids is 4. The van der Waals surface area contributed by atoms with Gasteiger partial charge in [-0.25, -0.2) is 38.5 Å². The van der Waals surface area contributed by atoms with Gasteiger partial charge in [-0.05, 0) is 41.5 Å². The summed E-state index contributed by atoms with van der Waals surface area (Å²) in [7, 11) is 0. The zero-order valence-electron chi connectivity index (χ0n) is 41.7. The molecule has 0 bridgehead atoms. The molecule has 7 heterocycles. The van der Waals surface area contributed by atoms with Gasteiger partial charge in [-0.1, -0.05) is 11.2 Å². The monoisotopic (exact) mass is 1160 g/mol. The van der Waals surface area contributed by atoms with E-state index in [-0.39, 0.29) is 51.9 Å². The van der Waals surface area contributed by atoms with Crippen LogP contribution in [0.15, 0.2) is 74.0 Å². The molecule has 33 heteroatoms. The number of anilines is 2. The molecule has 0 saturated carbocycles. The van der Waals surface area contributed by atoms with Crippen molar-refractivity contribution < 1.29 is 92.1 Å². The van der Waals surface area contributed by atoms with E-state index in [1.54, 1.807) is 35.2 Å². The molecule has 0 aliphatic carbocycles. The highest BCUT2D eigenvalue weighted by molar-refractivity contribution is 8.00. The largest absolute Gasteiger partial charge is 0.534 e. The predicted octanol–water partition coefficient (Wildman–Crippen LogP) is 0.750. The summed E-state index contributed by atoms with van der Waals surface area (Å²) in [6, 6.07) is 2.30. The Bertz CT molecular complexity index is 3120.